The summed E-state index contributed by atoms with van der Waals surface area (Å²) in [6, 6.07) is 12.0. The SMILES string of the molecule is CN(Cc1cccc(NCc2ccc(Cl)o2)c1)Cc1cscn1. The molecule has 0 unspecified atom stereocenters. The van der Waals surface area contributed by atoms with Crippen LogP contribution in [0.4, 0.5) is 5.69 Å². The van der Waals surface area contributed by atoms with Gasteiger partial charge in [-0.1, -0.05) is 12.1 Å². The zero-order valence-corrected chi connectivity index (χ0v) is 14.4. The van der Waals surface area contributed by atoms with E-state index < -0.39 is 0 Å². The highest BCUT2D eigenvalue weighted by Gasteiger charge is 2.05. The molecule has 3 rings (SSSR count). The van der Waals surface area contributed by atoms with Gasteiger partial charge in [-0.3, -0.25) is 4.90 Å². The predicted octanol–water partition coefficient (Wildman–Crippen LogP) is 4.63. The highest BCUT2D eigenvalue weighted by molar-refractivity contribution is 7.07. The molecular formula is C17H18ClN3OS. The van der Waals surface area contributed by atoms with Crippen LogP contribution in [0, 0.1) is 0 Å². The van der Waals surface area contributed by atoms with Gasteiger partial charge in [0, 0.05) is 24.2 Å². The van der Waals surface area contributed by atoms with Crippen LogP contribution in [0.1, 0.15) is 17.0 Å². The molecule has 0 aliphatic rings. The number of rotatable bonds is 7. The third kappa shape index (κ3) is 4.82. The fraction of sp³-hybridized carbons (Fsp3) is 0.235. The average molecular weight is 348 g/mol. The van der Waals surface area contributed by atoms with Crippen LogP contribution < -0.4 is 5.32 Å². The largest absolute Gasteiger partial charge is 0.448 e. The number of benzene rings is 1. The number of thiazole rings is 1. The fourth-order valence-electron chi connectivity index (χ4n) is 2.38. The molecule has 6 heteroatoms. The van der Waals surface area contributed by atoms with Gasteiger partial charge in [0.1, 0.15) is 5.76 Å². The summed E-state index contributed by atoms with van der Waals surface area (Å²) in [7, 11) is 2.10. The van der Waals surface area contributed by atoms with Gasteiger partial charge in [-0.05, 0) is 48.5 Å². The Morgan fingerprint density at radius 2 is 2.17 bits per heavy atom. The number of nitrogens with one attached hydrogen (secondary N) is 1. The van der Waals surface area contributed by atoms with Gasteiger partial charge in [-0.2, -0.15) is 0 Å². The van der Waals surface area contributed by atoms with Crippen LogP contribution in [0.25, 0.3) is 0 Å². The minimum absolute atomic E-state index is 0.416. The summed E-state index contributed by atoms with van der Waals surface area (Å²) in [5.74, 6) is 0.820. The molecule has 0 aliphatic carbocycles. The van der Waals surface area contributed by atoms with Crippen molar-refractivity contribution in [2.45, 2.75) is 19.6 Å². The van der Waals surface area contributed by atoms with Crippen molar-refractivity contribution in [1.82, 2.24) is 9.88 Å². The van der Waals surface area contributed by atoms with Crippen molar-refractivity contribution < 1.29 is 4.42 Å². The molecule has 120 valence electrons. The molecular weight excluding hydrogens is 330 g/mol. The van der Waals surface area contributed by atoms with Crippen molar-refractivity contribution in [2.75, 3.05) is 12.4 Å². The van der Waals surface area contributed by atoms with E-state index in [4.69, 9.17) is 16.0 Å². The van der Waals surface area contributed by atoms with Gasteiger partial charge in [0.05, 0.1) is 17.7 Å². The molecule has 1 N–H and O–H groups in total. The van der Waals surface area contributed by atoms with E-state index in [1.807, 2.05) is 11.6 Å². The predicted molar refractivity (Wildman–Crippen MR) is 94.8 cm³/mol. The molecule has 2 heterocycles. The number of nitrogens with zero attached hydrogens (tertiary/aromatic N) is 2. The first-order valence-electron chi connectivity index (χ1n) is 7.32. The second-order valence-corrected chi connectivity index (χ2v) is 6.50. The zero-order valence-electron chi connectivity index (χ0n) is 12.8. The second-order valence-electron chi connectivity index (χ2n) is 5.41. The lowest BCUT2D eigenvalue weighted by molar-refractivity contribution is 0.316. The van der Waals surface area contributed by atoms with E-state index in [-0.39, 0.29) is 0 Å². The number of halogens is 1. The van der Waals surface area contributed by atoms with Crippen LogP contribution in [0.2, 0.25) is 5.22 Å². The maximum absolute atomic E-state index is 5.78. The molecule has 0 radical (unpaired) electrons. The maximum atomic E-state index is 5.78. The minimum Gasteiger partial charge on any atom is -0.448 e. The standard InChI is InChI=1S/C17H18ClN3OS/c1-21(10-15-11-23-12-20-15)9-13-3-2-4-14(7-13)19-8-16-5-6-17(18)22-16/h2-7,11-12,19H,8-10H2,1H3. The van der Waals surface area contributed by atoms with Crippen LogP contribution in [0.5, 0.6) is 0 Å². The second kappa shape index (κ2) is 7.64. The Morgan fingerprint density at radius 1 is 1.26 bits per heavy atom. The zero-order chi connectivity index (χ0) is 16.1. The Labute approximate surface area is 144 Å². The summed E-state index contributed by atoms with van der Waals surface area (Å²) in [4.78, 5) is 6.57. The van der Waals surface area contributed by atoms with Gasteiger partial charge in [-0.15, -0.1) is 11.3 Å². The lowest BCUT2D eigenvalue weighted by atomic mass is 10.2. The monoisotopic (exact) mass is 347 g/mol. The number of furan rings is 1. The van der Waals surface area contributed by atoms with Crippen LogP contribution in [-0.2, 0) is 19.6 Å². The van der Waals surface area contributed by atoms with Gasteiger partial charge in [0.2, 0.25) is 0 Å². The van der Waals surface area contributed by atoms with Crippen molar-refractivity contribution in [3.63, 3.8) is 0 Å². The van der Waals surface area contributed by atoms with Crippen LogP contribution in [0.3, 0.4) is 0 Å². The first-order valence-corrected chi connectivity index (χ1v) is 8.64. The van der Waals surface area contributed by atoms with Crippen molar-refractivity contribution in [3.8, 4) is 0 Å². The summed E-state index contributed by atoms with van der Waals surface area (Å²) in [5.41, 5.74) is 5.30. The fourth-order valence-corrected chi connectivity index (χ4v) is 3.09. The molecule has 3 aromatic rings. The molecule has 4 nitrogen and oxygen atoms in total. The topological polar surface area (TPSA) is 41.3 Å². The molecule has 0 aliphatic heterocycles. The van der Waals surface area contributed by atoms with Crippen LogP contribution in [0.15, 0.2) is 51.7 Å². The van der Waals surface area contributed by atoms with Crippen LogP contribution >= 0.6 is 22.9 Å². The van der Waals surface area contributed by atoms with E-state index in [0.717, 1.165) is 30.2 Å². The van der Waals surface area contributed by atoms with Crippen molar-refractivity contribution in [2.24, 2.45) is 0 Å². The normalized spacial score (nSPS) is 11.1. The number of hydrogen-bond acceptors (Lipinski definition) is 5. The molecule has 23 heavy (non-hydrogen) atoms. The highest BCUT2D eigenvalue weighted by atomic mass is 35.5. The third-order valence-electron chi connectivity index (χ3n) is 3.39. The lowest BCUT2D eigenvalue weighted by Crippen LogP contribution is -2.17. The quantitative estimate of drug-likeness (QED) is 0.676. The Bertz CT molecular complexity index is 742. The molecule has 0 spiro atoms. The number of aromatic nitrogens is 1. The lowest BCUT2D eigenvalue weighted by Gasteiger charge is -2.16. The summed E-state index contributed by atoms with van der Waals surface area (Å²) in [6.45, 7) is 2.34. The smallest absolute Gasteiger partial charge is 0.193 e. The molecule has 0 atom stereocenters. The molecule has 2 aromatic heterocycles. The van der Waals surface area contributed by atoms with Gasteiger partial charge >= 0.3 is 0 Å². The highest BCUT2D eigenvalue weighted by Crippen LogP contribution is 2.17. The van der Waals surface area contributed by atoms with Gasteiger partial charge in [0.15, 0.2) is 5.22 Å². The summed E-state index contributed by atoms with van der Waals surface area (Å²) >= 11 is 7.41. The minimum atomic E-state index is 0.416. The van der Waals surface area contributed by atoms with E-state index in [1.165, 1.54) is 5.56 Å². The van der Waals surface area contributed by atoms with Gasteiger partial charge in [-0.25, -0.2) is 4.98 Å². The van der Waals surface area contributed by atoms with E-state index >= 15 is 0 Å². The van der Waals surface area contributed by atoms with Crippen molar-refractivity contribution in [3.05, 3.63) is 69.5 Å². The molecule has 0 bridgehead atoms. The summed E-state index contributed by atoms with van der Waals surface area (Å²) < 4.78 is 5.35. The third-order valence-corrected chi connectivity index (χ3v) is 4.23. The first-order chi connectivity index (χ1) is 11.2. The first kappa shape index (κ1) is 16.1. The van der Waals surface area contributed by atoms with Crippen LogP contribution in [-0.4, -0.2) is 16.9 Å². The molecule has 0 saturated carbocycles. The Balaban J connectivity index is 1.56. The number of anilines is 1. The molecule has 0 saturated heterocycles. The molecule has 1 aromatic carbocycles. The van der Waals surface area contributed by atoms with E-state index in [1.54, 1.807) is 17.4 Å². The van der Waals surface area contributed by atoms with E-state index in [2.05, 4.69) is 51.9 Å². The van der Waals surface area contributed by atoms with Crippen molar-refractivity contribution >= 4 is 28.6 Å². The molecule has 0 amide bonds. The van der Waals surface area contributed by atoms with Gasteiger partial charge in [0.25, 0.3) is 0 Å². The summed E-state index contributed by atoms with van der Waals surface area (Å²) in [6.07, 6.45) is 0. The van der Waals surface area contributed by atoms with Gasteiger partial charge < -0.3 is 9.73 Å². The Morgan fingerprint density at radius 3 is 2.91 bits per heavy atom. The molecule has 0 fully saturated rings. The average Bonchev–Trinajstić information content (AvgIpc) is 3.17. The number of hydrogen-bond donors (Lipinski definition) is 1. The van der Waals surface area contributed by atoms with Crippen molar-refractivity contribution in [1.29, 1.82) is 0 Å². The van der Waals surface area contributed by atoms with E-state index in [9.17, 15) is 0 Å². The Hall–Kier alpha value is -1.82. The van der Waals surface area contributed by atoms with E-state index in [0.29, 0.717) is 11.8 Å². The summed E-state index contributed by atoms with van der Waals surface area (Å²) in [5, 5.41) is 5.85. The Kier molecular flexibility index (Phi) is 5.33. The maximum Gasteiger partial charge on any atom is 0.193 e.